The molecular formula is C21H22N2O5. The van der Waals surface area contributed by atoms with Crippen LogP contribution in [0.5, 0.6) is 11.5 Å². The normalized spacial score (nSPS) is 11.7. The van der Waals surface area contributed by atoms with Crippen molar-refractivity contribution in [2.24, 2.45) is 0 Å². The molecule has 0 aliphatic heterocycles. The molecule has 1 aromatic heterocycles. The van der Waals surface area contributed by atoms with Crippen LogP contribution in [0.2, 0.25) is 0 Å². The number of methoxy groups -OCH3 is 2. The van der Waals surface area contributed by atoms with E-state index in [4.69, 9.17) is 13.9 Å². The monoisotopic (exact) mass is 382 g/mol. The Kier molecular flexibility index (Phi) is 5.84. The van der Waals surface area contributed by atoms with Crippen LogP contribution in [-0.4, -0.2) is 32.6 Å². The topological polar surface area (TPSA) is 89.8 Å². The Labute approximate surface area is 162 Å². The molecule has 0 fully saturated rings. The molecule has 0 bridgehead atoms. The molecule has 0 saturated heterocycles. The summed E-state index contributed by atoms with van der Waals surface area (Å²) in [5.74, 6) is 1.25. The summed E-state index contributed by atoms with van der Waals surface area (Å²) >= 11 is 0. The minimum Gasteiger partial charge on any atom is -0.497 e. The van der Waals surface area contributed by atoms with Crippen LogP contribution in [-0.2, 0) is 4.79 Å². The largest absolute Gasteiger partial charge is 0.497 e. The van der Waals surface area contributed by atoms with Crippen LogP contribution >= 0.6 is 0 Å². The molecule has 146 valence electrons. The summed E-state index contributed by atoms with van der Waals surface area (Å²) in [6, 6.07) is 13.7. The van der Waals surface area contributed by atoms with Gasteiger partial charge in [-0.3, -0.25) is 9.59 Å². The molecule has 0 radical (unpaired) electrons. The maximum absolute atomic E-state index is 12.2. The van der Waals surface area contributed by atoms with Crippen molar-refractivity contribution in [2.75, 3.05) is 20.8 Å². The number of fused-ring (bicyclic) bond motifs is 1. The molecular weight excluding hydrogens is 360 g/mol. The Morgan fingerprint density at radius 1 is 1.07 bits per heavy atom. The van der Waals surface area contributed by atoms with Crippen LogP contribution in [0.4, 0.5) is 0 Å². The zero-order valence-corrected chi connectivity index (χ0v) is 15.9. The molecule has 0 spiro atoms. The summed E-state index contributed by atoms with van der Waals surface area (Å²) in [6.07, 6.45) is 0. The fraction of sp³-hybridized carbons (Fsp3) is 0.238. The third kappa shape index (κ3) is 4.25. The average molecular weight is 382 g/mol. The first-order valence-corrected chi connectivity index (χ1v) is 8.80. The second-order valence-corrected chi connectivity index (χ2v) is 6.23. The van der Waals surface area contributed by atoms with Gasteiger partial charge in [-0.15, -0.1) is 0 Å². The number of hydrogen-bond donors (Lipinski definition) is 2. The van der Waals surface area contributed by atoms with Crippen molar-refractivity contribution < 1.29 is 23.5 Å². The van der Waals surface area contributed by atoms with Gasteiger partial charge >= 0.3 is 0 Å². The Morgan fingerprint density at radius 2 is 1.82 bits per heavy atom. The highest BCUT2D eigenvalue weighted by Gasteiger charge is 2.16. The van der Waals surface area contributed by atoms with E-state index >= 15 is 0 Å². The smallest absolute Gasteiger partial charge is 0.251 e. The van der Waals surface area contributed by atoms with Crippen LogP contribution in [0.25, 0.3) is 11.0 Å². The lowest BCUT2D eigenvalue weighted by molar-refractivity contribution is -0.120. The van der Waals surface area contributed by atoms with Gasteiger partial charge in [0.2, 0.25) is 5.91 Å². The minimum absolute atomic E-state index is 0.140. The van der Waals surface area contributed by atoms with Gasteiger partial charge in [0.1, 0.15) is 11.5 Å². The second-order valence-electron chi connectivity index (χ2n) is 6.23. The lowest BCUT2D eigenvalue weighted by Crippen LogP contribution is -2.37. The van der Waals surface area contributed by atoms with Gasteiger partial charge in [-0.25, -0.2) is 0 Å². The van der Waals surface area contributed by atoms with Crippen molar-refractivity contribution in [2.45, 2.75) is 13.0 Å². The van der Waals surface area contributed by atoms with Crippen LogP contribution in [0.3, 0.4) is 0 Å². The predicted molar refractivity (Wildman–Crippen MR) is 105 cm³/mol. The van der Waals surface area contributed by atoms with Crippen LogP contribution in [0.1, 0.15) is 29.1 Å². The van der Waals surface area contributed by atoms with Crippen molar-refractivity contribution in [3.05, 3.63) is 59.9 Å². The van der Waals surface area contributed by atoms with Crippen molar-refractivity contribution in [1.29, 1.82) is 0 Å². The van der Waals surface area contributed by atoms with E-state index in [0.717, 1.165) is 5.39 Å². The molecule has 1 unspecified atom stereocenters. The van der Waals surface area contributed by atoms with Gasteiger partial charge in [0.25, 0.3) is 5.91 Å². The molecule has 2 aromatic carbocycles. The predicted octanol–water partition coefficient (Wildman–Crippen LogP) is 3.06. The van der Waals surface area contributed by atoms with E-state index in [2.05, 4.69) is 10.6 Å². The third-order valence-electron chi connectivity index (χ3n) is 4.31. The molecule has 0 aliphatic rings. The number of amides is 2. The van der Waals surface area contributed by atoms with E-state index in [1.165, 1.54) is 0 Å². The van der Waals surface area contributed by atoms with Gasteiger partial charge < -0.3 is 24.5 Å². The van der Waals surface area contributed by atoms with Gasteiger partial charge in [0, 0.05) is 10.9 Å². The fourth-order valence-electron chi connectivity index (χ4n) is 2.80. The molecule has 2 N–H and O–H groups in total. The number of hydrogen-bond acceptors (Lipinski definition) is 5. The molecule has 3 aromatic rings. The zero-order valence-electron chi connectivity index (χ0n) is 15.9. The number of benzene rings is 2. The molecule has 2 amide bonds. The SMILES string of the molecule is COc1ccc(C(=O)NCC(=O)NC(C)c2cc3cccc(OC)c3o2)cc1. The van der Waals surface area contributed by atoms with Gasteiger partial charge in [0.05, 0.1) is 26.8 Å². The number of rotatable bonds is 7. The van der Waals surface area contributed by atoms with Crippen molar-refractivity contribution in [1.82, 2.24) is 10.6 Å². The maximum Gasteiger partial charge on any atom is 0.251 e. The zero-order chi connectivity index (χ0) is 20.1. The average Bonchev–Trinajstić information content (AvgIpc) is 3.16. The number of para-hydroxylation sites is 1. The molecule has 1 heterocycles. The number of furan rings is 1. The summed E-state index contributed by atoms with van der Waals surface area (Å²) in [5, 5.41) is 6.30. The molecule has 0 aliphatic carbocycles. The first-order valence-electron chi connectivity index (χ1n) is 8.80. The summed E-state index contributed by atoms with van der Waals surface area (Å²) in [7, 11) is 3.13. The first-order chi connectivity index (χ1) is 13.5. The highest BCUT2D eigenvalue weighted by Crippen LogP contribution is 2.30. The molecule has 1 atom stereocenters. The summed E-state index contributed by atoms with van der Waals surface area (Å²) in [6.45, 7) is 1.67. The minimum atomic E-state index is -0.359. The van der Waals surface area contributed by atoms with Gasteiger partial charge in [-0.1, -0.05) is 12.1 Å². The van der Waals surface area contributed by atoms with Crippen LogP contribution < -0.4 is 20.1 Å². The van der Waals surface area contributed by atoms with Gasteiger partial charge in [-0.2, -0.15) is 0 Å². The lowest BCUT2D eigenvalue weighted by Gasteiger charge is -2.12. The molecule has 7 nitrogen and oxygen atoms in total. The maximum atomic E-state index is 12.2. The third-order valence-corrected chi connectivity index (χ3v) is 4.31. The van der Waals surface area contributed by atoms with E-state index in [0.29, 0.717) is 28.4 Å². The van der Waals surface area contributed by atoms with E-state index in [1.807, 2.05) is 31.2 Å². The van der Waals surface area contributed by atoms with Crippen LogP contribution in [0, 0.1) is 0 Å². The lowest BCUT2D eigenvalue weighted by atomic mass is 10.2. The Balaban J connectivity index is 1.57. The van der Waals surface area contributed by atoms with E-state index in [-0.39, 0.29) is 24.4 Å². The number of ether oxygens (including phenoxy) is 2. The fourth-order valence-corrected chi connectivity index (χ4v) is 2.80. The quantitative estimate of drug-likeness (QED) is 0.656. The van der Waals surface area contributed by atoms with Gasteiger partial charge in [-0.05, 0) is 43.3 Å². The number of carbonyl (C=O) groups excluding carboxylic acids is 2. The molecule has 3 rings (SSSR count). The number of carbonyl (C=O) groups is 2. The summed E-state index contributed by atoms with van der Waals surface area (Å²) < 4.78 is 16.2. The molecule has 0 saturated carbocycles. The Morgan fingerprint density at radius 3 is 2.50 bits per heavy atom. The van der Waals surface area contributed by atoms with Gasteiger partial charge in [0.15, 0.2) is 11.3 Å². The molecule has 7 heteroatoms. The highest BCUT2D eigenvalue weighted by atomic mass is 16.5. The van der Waals surface area contributed by atoms with Crippen LogP contribution in [0.15, 0.2) is 52.9 Å². The van der Waals surface area contributed by atoms with Crippen molar-refractivity contribution >= 4 is 22.8 Å². The highest BCUT2D eigenvalue weighted by molar-refractivity contribution is 5.96. The summed E-state index contributed by atoms with van der Waals surface area (Å²) in [4.78, 5) is 24.3. The first kappa shape index (κ1) is 19.3. The number of nitrogens with one attached hydrogen (secondary N) is 2. The Hall–Kier alpha value is -3.48. The molecule has 28 heavy (non-hydrogen) atoms. The standard InChI is InChI=1S/C21H22N2O5/c1-13(18-11-15-5-4-6-17(27-3)20(15)28-18)23-19(24)12-22-21(25)14-7-9-16(26-2)10-8-14/h4-11,13H,12H2,1-3H3,(H,22,25)(H,23,24). The van der Waals surface area contributed by atoms with Crippen molar-refractivity contribution in [3.63, 3.8) is 0 Å². The Bertz CT molecular complexity index is 978. The van der Waals surface area contributed by atoms with E-state index in [9.17, 15) is 9.59 Å². The van der Waals surface area contributed by atoms with E-state index in [1.54, 1.807) is 38.5 Å². The van der Waals surface area contributed by atoms with E-state index < -0.39 is 0 Å². The summed E-state index contributed by atoms with van der Waals surface area (Å²) in [5.41, 5.74) is 1.08. The van der Waals surface area contributed by atoms with Crippen molar-refractivity contribution in [3.8, 4) is 11.5 Å². The second kappa shape index (κ2) is 8.47.